The summed E-state index contributed by atoms with van der Waals surface area (Å²) < 4.78 is 5.94. The van der Waals surface area contributed by atoms with Crippen LogP contribution in [0.2, 0.25) is 0 Å². The van der Waals surface area contributed by atoms with Gasteiger partial charge in [-0.3, -0.25) is 19.8 Å². The second-order valence-corrected chi connectivity index (χ2v) is 8.90. The van der Waals surface area contributed by atoms with Crippen LogP contribution >= 0.6 is 12.2 Å². The van der Waals surface area contributed by atoms with Gasteiger partial charge in [-0.15, -0.1) is 0 Å². The van der Waals surface area contributed by atoms with Crippen molar-refractivity contribution in [2.75, 3.05) is 4.90 Å². The van der Waals surface area contributed by atoms with Crippen LogP contribution in [-0.2, 0) is 22.6 Å². The lowest BCUT2D eigenvalue weighted by Gasteiger charge is -2.29. The number of aryl methyl sites for hydroxylation is 1. The van der Waals surface area contributed by atoms with Gasteiger partial charge in [0, 0.05) is 0 Å². The third kappa shape index (κ3) is 4.90. The normalized spacial score (nSPS) is 14.9. The molecule has 5 rings (SSSR count). The number of carbonyl (C=O) groups is 2. The number of anilines is 1. The van der Waals surface area contributed by atoms with Crippen molar-refractivity contribution in [2.24, 2.45) is 0 Å². The monoisotopic (exact) mass is 492 g/mol. The number of hydrogen-bond donors (Lipinski definition) is 1. The fraction of sp³-hybridized carbons (Fsp3) is 0.100. The van der Waals surface area contributed by atoms with Gasteiger partial charge in [0.2, 0.25) is 0 Å². The first-order chi connectivity index (χ1) is 17.5. The second-order valence-electron chi connectivity index (χ2n) is 8.52. The van der Waals surface area contributed by atoms with Gasteiger partial charge in [0.25, 0.3) is 11.8 Å². The zero-order valence-corrected chi connectivity index (χ0v) is 20.5. The number of nitrogens with zero attached hydrogens (tertiary/aromatic N) is 1. The smallest absolute Gasteiger partial charge is 0.270 e. The fourth-order valence-electron chi connectivity index (χ4n) is 4.09. The largest absolute Gasteiger partial charge is 0.489 e. The van der Waals surface area contributed by atoms with E-state index >= 15 is 0 Å². The van der Waals surface area contributed by atoms with E-state index in [9.17, 15) is 9.59 Å². The standard InChI is InChI=1S/C30H24N2O3S/c1-2-20-8-13-25(14-9-20)32-29(34)27(28(33)31-30(32)36)18-21-10-15-26(16-11-21)35-19-22-7-12-23-5-3-4-6-24(23)17-22/h3-18H,2,19H2,1H3,(H,31,33,36)/b27-18+. The Balaban J connectivity index is 1.30. The van der Waals surface area contributed by atoms with E-state index in [0.717, 1.165) is 17.5 Å². The molecule has 0 atom stereocenters. The molecule has 4 aromatic rings. The van der Waals surface area contributed by atoms with Gasteiger partial charge < -0.3 is 4.74 Å². The third-order valence-electron chi connectivity index (χ3n) is 6.11. The van der Waals surface area contributed by atoms with E-state index in [4.69, 9.17) is 17.0 Å². The zero-order chi connectivity index (χ0) is 25.1. The first-order valence-corrected chi connectivity index (χ1v) is 12.1. The van der Waals surface area contributed by atoms with Crippen LogP contribution in [0.5, 0.6) is 5.75 Å². The van der Waals surface area contributed by atoms with Crippen molar-refractivity contribution >= 4 is 51.7 Å². The van der Waals surface area contributed by atoms with Gasteiger partial charge in [0.15, 0.2) is 5.11 Å². The number of thiocarbonyl (C=S) groups is 1. The third-order valence-corrected chi connectivity index (χ3v) is 6.40. The quantitative estimate of drug-likeness (QED) is 0.210. The van der Waals surface area contributed by atoms with E-state index in [1.165, 1.54) is 15.7 Å². The lowest BCUT2D eigenvalue weighted by Crippen LogP contribution is -2.54. The van der Waals surface area contributed by atoms with Crippen molar-refractivity contribution in [1.82, 2.24) is 5.32 Å². The number of carbonyl (C=O) groups excluding carboxylic acids is 2. The van der Waals surface area contributed by atoms with Gasteiger partial charge in [0.1, 0.15) is 17.9 Å². The van der Waals surface area contributed by atoms with E-state index in [-0.39, 0.29) is 10.7 Å². The first-order valence-electron chi connectivity index (χ1n) is 11.7. The summed E-state index contributed by atoms with van der Waals surface area (Å²) in [5.74, 6) is -0.267. The number of hydrogen-bond acceptors (Lipinski definition) is 4. The zero-order valence-electron chi connectivity index (χ0n) is 19.7. The Morgan fingerprint density at radius 2 is 1.56 bits per heavy atom. The minimum Gasteiger partial charge on any atom is -0.489 e. The van der Waals surface area contributed by atoms with E-state index in [1.54, 1.807) is 6.08 Å². The van der Waals surface area contributed by atoms with Gasteiger partial charge in [-0.25, -0.2) is 0 Å². The van der Waals surface area contributed by atoms with Crippen LogP contribution in [0, 0.1) is 0 Å². The predicted octanol–water partition coefficient (Wildman–Crippen LogP) is 5.81. The molecule has 5 nitrogen and oxygen atoms in total. The van der Waals surface area contributed by atoms with E-state index in [0.29, 0.717) is 23.6 Å². The maximum atomic E-state index is 13.2. The van der Waals surface area contributed by atoms with Crippen LogP contribution < -0.4 is 15.0 Å². The lowest BCUT2D eigenvalue weighted by molar-refractivity contribution is -0.122. The molecule has 178 valence electrons. The Morgan fingerprint density at radius 3 is 2.28 bits per heavy atom. The van der Waals surface area contributed by atoms with Gasteiger partial charge >= 0.3 is 0 Å². The molecule has 0 spiro atoms. The molecule has 0 aliphatic carbocycles. The predicted molar refractivity (Wildman–Crippen MR) is 147 cm³/mol. The highest BCUT2D eigenvalue weighted by atomic mass is 32.1. The number of rotatable bonds is 6. The van der Waals surface area contributed by atoms with Crippen molar-refractivity contribution in [3.05, 3.63) is 113 Å². The molecular weight excluding hydrogens is 468 g/mol. The first kappa shape index (κ1) is 23.5. The van der Waals surface area contributed by atoms with Crippen molar-refractivity contribution in [1.29, 1.82) is 0 Å². The molecule has 1 aliphatic heterocycles. The Bertz CT molecular complexity index is 1490. The van der Waals surface area contributed by atoms with Crippen LogP contribution in [-0.4, -0.2) is 16.9 Å². The molecule has 1 N–H and O–H groups in total. The number of benzene rings is 4. The average Bonchev–Trinajstić information content (AvgIpc) is 2.90. The Labute approximate surface area is 215 Å². The maximum absolute atomic E-state index is 13.2. The highest BCUT2D eigenvalue weighted by Crippen LogP contribution is 2.24. The molecule has 0 radical (unpaired) electrons. The van der Waals surface area contributed by atoms with E-state index in [2.05, 4.69) is 42.6 Å². The van der Waals surface area contributed by atoms with Crippen molar-refractivity contribution in [3.8, 4) is 5.75 Å². The molecule has 0 aromatic heterocycles. The number of amides is 2. The molecule has 2 amide bonds. The molecule has 1 heterocycles. The summed E-state index contributed by atoms with van der Waals surface area (Å²) in [6.45, 7) is 2.50. The minimum absolute atomic E-state index is 0.0213. The summed E-state index contributed by atoms with van der Waals surface area (Å²) in [5, 5.41) is 5.06. The molecule has 1 aliphatic rings. The molecule has 1 fully saturated rings. The number of nitrogens with one attached hydrogen (secondary N) is 1. The molecule has 0 unspecified atom stereocenters. The highest BCUT2D eigenvalue weighted by molar-refractivity contribution is 7.80. The fourth-order valence-corrected chi connectivity index (χ4v) is 4.38. The summed E-state index contributed by atoms with van der Waals surface area (Å²) in [6.07, 6.45) is 2.46. The molecule has 36 heavy (non-hydrogen) atoms. The SMILES string of the molecule is CCc1ccc(N2C(=O)/C(=C/c3ccc(OCc4ccc5ccccc5c4)cc3)C(=O)NC2=S)cc1. The van der Waals surface area contributed by atoms with Crippen LogP contribution in [0.1, 0.15) is 23.6 Å². The van der Waals surface area contributed by atoms with Gasteiger partial charge in [-0.2, -0.15) is 0 Å². The highest BCUT2D eigenvalue weighted by Gasteiger charge is 2.34. The van der Waals surface area contributed by atoms with Crippen LogP contribution in [0.4, 0.5) is 5.69 Å². The lowest BCUT2D eigenvalue weighted by atomic mass is 10.1. The Morgan fingerprint density at radius 1 is 0.861 bits per heavy atom. The van der Waals surface area contributed by atoms with Crippen LogP contribution in [0.25, 0.3) is 16.8 Å². The molecular formula is C30H24N2O3S. The molecule has 6 heteroatoms. The minimum atomic E-state index is -0.511. The second kappa shape index (κ2) is 10.1. The molecule has 0 saturated carbocycles. The molecule has 4 aromatic carbocycles. The van der Waals surface area contributed by atoms with Crippen LogP contribution in [0.15, 0.2) is 96.6 Å². The number of fused-ring (bicyclic) bond motifs is 1. The van der Waals surface area contributed by atoms with Crippen LogP contribution in [0.3, 0.4) is 0 Å². The summed E-state index contributed by atoms with van der Waals surface area (Å²) >= 11 is 5.28. The van der Waals surface area contributed by atoms with E-state index < -0.39 is 11.8 Å². The molecule has 0 bridgehead atoms. The van der Waals surface area contributed by atoms with Gasteiger partial charge in [-0.05, 0) is 82.5 Å². The Hall–Kier alpha value is -4.29. The topological polar surface area (TPSA) is 58.6 Å². The average molecular weight is 493 g/mol. The summed E-state index contributed by atoms with van der Waals surface area (Å²) in [5.41, 5.74) is 3.57. The summed E-state index contributed by atoms with van der Waals surface area (Å²) in [4.78, 5) is 27.1. The molecule has 1 saturated heterocycles. The Kier molecular flexibility index (Phi) is 6.60. The van der Waals surface area contributed by atoms with Crippen molar-refractivity contribution in [3.63, 3.8) is 0 Å². The summed E-state index contributed by atoms with van der Waals surface area (Å²) in [7, 11) is 0. The van der Waals surface area contributed by atoms with Crippen molar-refractivity contribution < 1.29 is 14.3 Å². The van der Waals surface area contributed by atoms with Crippen molar-refractivity contribution in [2.45, 2.75) is 20.0 Å². The van der Waals surface area contributed by atoms with Gasteiger partial charge in [0.05, 0.1) is 5.69 Å². The maximum Gasteiger partial charge on any atom is 0.270 e. The summed E-state index contributed by atoms with van der Waals surface area (Å²) in [6, 6.07) is 29.3. The van der Waals surface area contributed by atoms with E-state index in [1.807, 2.05) is 60.7 Å². The van der Waals surface area contributed by atoms with Gasteiger partial charge in [-0.1, -0.05) is 67.6 Å². The number of ether oxygens (including phenoxy) is 1.